The fraction of sp³-hybridized carbons (Fsp3) is 0.381. The Morgan fingerprint density at radius 3 is 2.31 bits per heavy atom. The maximum Gasteiger partial charge on any atom is 0.112 e. The van der Waals surface area contributed by atoms with E-state index in [9.17, 15) is 0 Å². The molecule has 2 aromatic carbocycles. The molecule has 0 amide bonds. The highest BCUT2D eigenvalue weighted by molar-refractivity contribution is 5.76. The number of nitrogens with one attached hydrogen (secondary N) is 2. The highest BCUT2D eigenvalue weighted by atomic mass is 15.3. The van der Waals surface area contributed by atoms with E-state index in [4.69, 9.17) is 4.98 Å². The number of hydrogen-bond donors (Lipinski definition) is 2. The van der Waals surface area contributed by atoms with Crippen LogP contribution in [-0.2, 0) is 17.3 Å². The number of imidazole rings is 1. The van der Waals surface area contributed by atoms with Crippen LogP contribution < -0.4 is 0 Å². The van der Waals surface area contributed by atoms with Gasteiger partial charge in [0.05, 0.1) is 16.6 Å². The van der Waals surface area contributed by atoms with Crippen molar-refractivity contribution in [1.82, 2.24) is 25.4 Å². The Morgan fingerprint density at radius 2 is 1.54 bits per heavy atom. The summed E-state index contributed by atoms with van der Waals surface area (Å²) in [5.41, 5.74) is 6.63. The van der Waals surface area contributed by atoms with Crippen molar-refractivity contribution in [3.8, 4) is 0 Å². The molecular formula is C21H25N5. The maximum absolute atomic E-state index is 4.81. The lowest BCUT2D eigenvalue weighted by atomic mass is 9.81. The van der Waals surface area contributed by atoms with Crippen molar-refractivity contribution in [2.24, 2.45) is 0 Å². The van der Waals surface area contributed by atoms with E-state index in [-0.39, 0.29) is 10.8 Å². The average molecular weight is 347 g/mol. The van der Waals surface area contributed by atoms with Gasteiger partial charge in [0.15, 0.2) is 0 Å². The number of aromatic nitrogens is 5. The number of hydrogen-bond acceptors (Lipinski definition) is 3. The fourth-order valence-corrected chi connectivity index (χ4v) is 3.40. The van der Waals surface area contributed by atoms with E-state index in [1.54, 1.807) is 0 Å². The number of nitrogens with zero attached hydrogens (tertiary/aromatic N) is 3. The van der Waals surface area contributed by atoms with Crippen LogP contribution in [0.5, 0.6) is 0 Å². The van der Waals surface area contributed by atoms with E-state index >= 15 is 0 Å². The van der Waals surface area contributed by atoms with Crippen molar-refractivity contribution in [1.29, 1.82) is 0 Å². The Bertz CT molecular complexity index is 1080. The van der Waals surface area contributed by atoms with Gasteiger partial charge in [0.2, 0.25) is 0 Å². The first-order valence-electron chi connectivity index (χ1n) is 9.03. The highest BCUT2D eigenvalue weighted by Crippen LogP contribution is 2.30. The van der Waals surface area contributed by atoms with E-state index in [0.29, 0.717) is 0 Å². The van der Waals surface area contributed by atoms with Gasteiger partial charge in [-0.3, -0.25) is 5.10 Å². The monoisotopic (exact) mass is 347 g/mol. The Balaban J connectivity index is 1.66. The van der Waals surface area contributed by atoms with Crippen molar-refractivity contribution in [2.75, 3.05) is 0 Å². The third kappa shape index (κ3) is 2.98. The Morgan fingerprint density at radius 1 is 0.846 bits per heavy atom. The third-order valence-corrected chi connectivity index (χ3v) is 5.11. The van der Waals surface area contributed by atoms with Crippen LogP contribution in [0.2, 0.25) is 0 Å². The van der Waals surface area contributed by atoms with Gasteiger partial charge in [0.25, 0.3) is 0 Å². The summed E-state index contributed by atoms with van der Waals surface area (Å²) >= 11 is 0. The van der Waals surface area contributed by atoms with Crippen molar-refractivity contribution >= 4 is 22.1 Å². The molecule has 5 nitrogen and oxygen atoms in total. The molecule has 0 atom stereocenters. The summed E-state index contributed by atoms with van der Waals surface area (Å²) in [6, 6.07) is 12.8. The molecule has 0 bridgehead atoms. The number of fused-ring (bicyclic) bond motifs is 2. The molecule has 2 aromatic heterocycles. The van der Waals surface area contributed by atoms with Gasteiger partial charge in [-0.2, -0.15) is 0 Å². The molecule has 4 aromatic rings. The molecule has 2 N–H and O–H groups in total. The van der Waals surface area contributed by atoms with E-state index in [1.807, 2.05) is 6.07 Å². The van der Waals surface area contributed by atoms with Crippen molar-refractivity contribution in [3.63, 3.8) is 0 Å². The Labute approximate surface area is 153 Å². The van der Waals surface area contributed by atoms with Crippen molar-refractivity contribution in [2.45, 2.75) is 51.9 Å². The molecule has 2 heterocycles. The van der Waals surface area contributed by atoms with Crippen LogP contribution in [0.15, 0.2) is 36.4 Å². The number of benzene rings is 2. The molecule has 4 rings (SSSR count). The van der Waals surface area contributed by atoms with Gasteiger partial charge in [-0.15, -0.1) is 5.10 Å². The molecule has 0 aliphatic rings. The second-order valence-corrected chi connectivity index (χ2v) is 8.77. The third-order valence-electron chi connectivity index (χ3n) is 5.11. The molecular weight excluding hydrogens is 322 g/mol. The lowest BCUT2D eigenvalue weighted by molar-refractivity contribution is 0.510. The minimum absolute atomic E-state index is 0.0555. The molecule has 0 aliphatic carbocycles. The first kappa shape index (κ1) is 16.8. The van der Waals surface area contributed by atoms with Crippen LogP contribution >= 0.6 is 0 Å². The zero-order valence-corrected chi connectivity index (χ0v) is 16.0. The van der Waals surface area contributed by atoms with Gasteiger partial charge in [-0.05, 0) is 46.2 Å². The predicted octanol–water partition coefficient (Wildman–Crippen LogP) is 4.65. The van der Waals surface area contributed by atoms with Crippen LogP contribution in [0.3, 0.4) is 0 Å². The van der Waals surface area contributed by atoms with Gasteiger partial charge in [0, 0.05) is 6.42 Å². The van der Waals surface area contributed by atoms with Crippen LogP contribution in [0.4, 0.5) is 0 Å². The quantitative estimate of drug-likeness (QED) is 0.566. The van der Waals surface area contributed by atoms with Gasteiger partial charge >= 0.3 is 0 Å². The van der Waals surface area contributed by atoms with E-state index in [2.05, 4.69) is 85.3 Å². The number of rotatable bonds is 3. The molecule has 0 fully saturated rings. The molecule has 0 spiro atoms. The number of H-pyrrole nitrogens is 2. The van der Waals surface area contributed by atoms with E-state index in [0.717, 1.165) is 34.3 Å². The van der Waals surface area contributed by atoms with Gasteiger partial charge in [-0.1, -0.05) is 52.0 Å². The molecule has 0 radical (unpaired) electrons. The van der Waals surface area contributed by atoms with E-state index < -0.39 is 0 Å². The summed E-state index contributed by atoms with van der Waals surface area (Å²) in [5, 5.41) is 10.9. The minimum Gasteiger partial charge on any atom is -0.342 e. The summed E-state index contributed by atoms with van der Waals surface area (Å²) in [4.78, 5) is 8.33. The van der Waals surface area contributed by atoms with Crippen molar-refractivity contribution < 1.29 is 0 Å². The Hall–Kier alpha value is -2.69. The molecule has 0 saturated heterocycles. The molecule has 134 valence electrons. The summed E-state index contributed by atoms with van der Waals surface area (Å²) in [5.74, 6) is 1.01. The standard InChI is InChI=1S/C21H25N5/c1-20(2,3)13-6-8-15-17(10-13)23-19(22-15)12-21(4,5)14-7-9-16-18(11-14)25-26-24-16/h6-11H,12H2,1-5H3,(H,22,23)(H,24,25,26). The topological polar surface area (TPSA) is 70.2 Å². The number of aromatic amines is 2. The van der Waals surface area contributed by atoms with E-state index in [1.165, 1.54) is 11.1 Å². The van der Waals surface area contributed by atoms with Crippen molar-refractivity contribution in [3.05, 3.63) is 53.3 Å². The second-order valence-electron chi connectivity index (χ2n) is 8.77. The second kappa shape index (κ2) is 5.66. The van der Waals surface area contributed by atoms with Crippen LogP contribution in [0, 0.1) is 0 Å². The smallest absolute Gasteiger partial charge is 0.112 e. The average Bonchev–Trinajstić information content (AvgIpc) is 3.17. The summed E-state index contributed by atoms with van der Waals surface area (Å²) in [6.45, 7) is 11.2. The van der Waals surface area contributed by atoms with Gasteiger partial charge in [-0.25, -0.2) is 4.98 Å². The minimum atomic E-state index is -0.0555. The lowest BCUT2D eigenvalue weighted by Gasteiger charge is -2.24. The highest BCUT2D eigenvalue weighted by Gasteiger charge is 2.24. The van der Waals surface area contributed by atoms with Crippen LogP contribution in [-0.4, -0.2) is 25.4 Å². The molecule has 0 saturated carbocycles. The van der Waals surface area contributed by atoms with Crippen LogP contribution in [0.1, 0.15) is 51.6 Å². The summed E-state index contributed by atoms with van der Waals surface area (Å²) in [6.07, 6.45) is 0.833. The van der Waals surface area contributed by atoms with Crippen LogP contribution in [0.25, 0.3) is 22.1 Å². The Kier molecular flexibility index (Phi) is 3.65. The molecule has 26 heavy (non-hydrogen) atoms. The lowest BCUT2D eigenvalue weighted by Crippen LogP contribution is -2.21. The molecule has 0 unspecified atom stereocenters. The zero-order chi connectivity index (χ0) is 18.5. The SMILES string of the molecule is CC(C)(C)c1ccc2nc(CC(C)(C)c3ccc4nn[nH]c4c3)[nH]c2c1. The molecule has 5 heteroatoms. The first-order chi connectivity index (χ1) is 12.2. The largest absolute Gasteiger partial charge is 0.342 e. The maximum atomic E-state index is 4.81. The normalized spacial score (nSPS) is 13.0. The predicted molar refractivity (Wildman–Crippen MR) is 105 cm³/mol. The fourth-order valence-electron chi connectivity index (χ4n) is 3.40. The molecule has 0 aliphatic heterocycles. The van der Waals surface area contributed by atoms with Gasteiger partial charge < -0.3 is 4.98 Å². The summed E-state index contributed by atoms with van der Waals surface area (Å²) < 4.78 is 0. The summed E-state index contributed by atoms with van der Waals surface area (Å²) in [7, 11) is 0. The first-order valence-corrected chi connectivity index (χ1v) is 9.03. The van der Waals surface area contributed by atoms with Gasteiger partial charge in [0.1, 0.15) is 11.3 Å². The zero-order valence-electron chi connectivity index (χ0n) is 16.0.